The molecule has 3 N–H and O–H groups in total. The van der Waals surface area contributed by atoms with Crippen LogP contribution in [0, 0.1) is 5.92 Å². The van der Waals surface area contributed by atoms with E-state index in [2.05, 4.69) is 39.6 Å². The molecule has 1 aromatic carbocycles. The minimum atomic E-state index is -3.36. The number of piperidine rings is 1. The highest BCUT2D eigenvalue weighted by Gasteiger charge is 2.31. The first-order chi connectivity index (χ1) is 13.8. The molecule has 9 heteroatoms. The van der Waals surface area contributed by atoms with Crippen molar-refractivity contribution in [1.29, 1.82) is 0 Å². The fourth-order valence-electron chi connectivity index (χ4n) is 3.57. The smallest absolute Gasteiger partial charge is 0.319 e. The van der Waals surface area contributed by atoms with E-state index in [0.29, 0.717) is 35.9 Å². The number of carbonyl (C=O) groups excluding carboxylic acids is 1. The highest BCUT2D eigenvalue weighted by molar-refractivity contribution is 7.92. The number of carbonyl (C=O) groups is 1. The number of likely N-dealkylation sites (tertiary alicyclic amines) is 1. The second kappa shape index (κ2) is 9.41. The van der Waals surface area contributed by atoms with E-state index in [1.807, 2.05) is 0 Å². The van der Waals surface area contributed by atoms with Crippen molar-refractivity contribution in [2.75, 3.05) is 25.0 Å². The number of sulfone groups is 1. The van der Waals surface area contributed by atoms with Gasteiger partial charge in [-0.15, -0.1) is 0 Å². The van der Waals surface area contributed by atoms with Crippen LogP contribution in [0.25, 0.3) is 0 Å². The first-order valence-electron chi connectivity index (χ1n) is 9.93. The lowest BCUT2D eigenvalue weighted by atomic mass is 10.1. The van der Waals surface area contributed by atoms with Crippen LogP contribution in [-0.2, 0) is 16.4 Å². The van der Waals surface area contributed by atoms with E-state index in [1.54, 1.807) is 36.7 Å². The first-order valence-corrected chi connectivity index (χ1v) is 11.5. The second-order valence-electron chi connectivity index (χ2n) is 7.88. The number of nitrogens with one attached hydrogen (secondary N) is 3. The Kier molecular flexibility index (Phi) is 6.92. The van der Waals surface area contributed by atoms with E-state index < -0.39 is 9.84 Å². The van der Waals surface area contributed by atoms with Crippen molar-refractivity contribution >= 4 is 21.6 Å². The molecule has 0 aliphatic carbocycles. The summed E-state index contributed by atoms with van der Waals surface area (Å²) < 4.78 is 25.9. The number of urea groups is 1. The van der Waals surface area contributed by atoms with Crippen LogP contribution in [-0.4, -0.2) is 54.4 Å². The molecule has 1 aliphatic rings. The standard InChI is InChI=1S/C20H29N5O3S/c1-15(2)14-25-9-7-19(8-10-25)29(27,28)18-5-3-17(4-6-18)24-20(26)21-11-16-12-22-23-13-16/h3-6,12-13,15,19H,7-11,14H2,1-2H3,(H,22,23)(H2,21,24,26). The first kappa shape index (κ1) is 21.3. The zero-order valence-electron chi connectivity index (χ0n) is 16.9. The van der Waals surface area contributed by atoms with Gasteiger partial charge in [-0.05, 0) is 56.1 Å². The van der Waals surface area contributed by atoms with Gasteiger partial charge in [-0.2, -0.15) is 5.10 Å². The Labute approximate surface area is 172 Å². The van der Waals surface area contributed by atoms with Gasteiger partial charge in [-0.25, -0.2) is 13.2 Å². The van der Waals surface area contributed by atoms with Crippen molar-refractivity contribution in [3.8, 4) is 0 Å². The average Bonchev–Trinajstić information content (AvgIpc) is 3.20. The molecule has 2 aromatic rings. The molecule has 1 fully saturated rings. The summed E-state index contributed by atoms with van der Waals surface area (Å²) in [5.74, 6) is 0.583. The fraction of sp³-hybridized carbons (Fsp3) is 0.500. The third kappa shape index (κ3) is 5.80. The molecule has 158 valence electrons. The van der Waals surface area contributed by atoms with Crippen LogP contribution in [0.2, 0.25) is 0 Å². The Balaban J connectivity index is 1.54. The molecule has 1 aliphatic heterocycles. The van der Waals surface area contributed by atoms with Crippen LogP contribution in [0.5, 0.6) is 0 Å². The van der Waals surface area contributed by atoms with Crippen molar-refractivity contribution in [1.82, 2.24) is 20.4 Å². The number of hydrogen-bond donors (Lipinski definition) is 3. The minimum absolute atomic E-state index is 0.309. The molecule has 3 rings (SSSR count). The van der Waals surface area contributed by atoms with Crippen molar-refractivity contribution < 1.29 is 13.2 Å². The second-order valence-corrected chi connectivity index (χ2v) is 10.1. The maximum Gasteiger partial charge on any atom is 0.319 e. The highest BCUT2D eigenvalue weighted by Crippen LogP contribution is 2.26. The van der Waals surface area contributed by atoms with Gasteiger partial charge >= 0.3 is 6.03 Å². The molecule has 8 nitrogen and oxygen atoms in total. The molecule has 0 spiro atoms. The zero-order valence-corrected chi connectivity index (χ0v) is 17.7. The van der Waals surface area contributed by atoms with Gasteiger partial charge in [0.25, 0.3) is 0 Å². The topological polar surface area (TPSA) is 107 Å². The fourth-order valence-corrected chi connectivity index (χ4v) is 5.30. The van der Waals surface area contributed by atoms with Gasteiger partial charge in [0, 0.05) is 30.5 Å². The van der Waals surface area contributed by atoms with Crippen LogP contribution < -0.4 is 10.6 Å². The summed E-state index contributed by atoms with van der Waals surface area (Å²) in [5.41, 5.74) is 1.40. The summed E-state index contributed by atoms with van der Waals surface area (Å²) >= 11 is 0. The Morgan fingerprint density at radius 2 is 1.93 bits per heavy atom. The number of benzene rings is 1. The largest absolute Gasteiger partial charge is 0.334 e. The summed E-state index contributed by atoms with van der Waals surface area (Å²) in [6.07, 6.45) is 4.65. The van der Waals surface area contributed by atoms with E-state index >= 15 is 0 Å². The van der Waals surface area contributed by atoms with E-state index in [1.165, 1.54) is 0 Å². The van der Waals surface area contributed by atoms with Gasteiger partial charge < -0.3 is 15.5 Å². The van der Waals surface area contributed by atoms with Gasteiger partial charge in [0.2, 0.25) is 0 Å². The molecule has 0 radical (unpaired) electrons. The number of amides is 2. The summed E-state index contributed by atoms with van der Waals surface area (Å²) in [7, 11) is -3.36. The Morgan fingerprint density at radius 3 is 2.52 bits per heavy atom. The number of nitrogens with zero attached hydrogens (tertiary/aromatic N) is 2. The Morgan fingerprint density at radius 1 is 1.24 bits per heavy atom. The highest BCUT2D eigenvalue weighted by atomic mass is 32.2. The van der Waals surface area contributed by atoms with E-state index in [0.717, 1.165) is 25.2 Å². The molecule has 29 heavy (non-hydrogen) atoms. The van der Waals surface area contributed by atoms with Gasteiger partial charge in [0.1, 0.15) is 0 Å². The summed E-state index contributed by atoms with van der Waals surface area (Å²) in [5, 5.41) is 11.6. The molecular formula is C20H29N5O3S. The van der Waals surface area contributed by atoms with Crippen molar-refractivity contribution in [3.05, 3.63) is 42.2 Å². The molecule has 0 unspecified atom stereocenters. The lowest BCUT2D eigenvalue weighted by molar-refractivity contribution is 0.207. The van der Waals surface area contributed by atoms with Crippen LogP contribution >= 0.6 is 0 Å². The predicted molar refractivity (Wildman–Crippen MR) is 112 cm³/mol. The number of aromatic nitrogens is 2. The quantitative estimate of drug-likeness (QED) is 0.639. The molecule has 1 saturated heterocycles. The molecule has 0 atom stereocenters. The summed E-state index contributed by atoms with van der Waals surface area (Å²) in [6.45, 7) is 7.35. The van der Waals surface area contributed by atoms with Gasteiger partial charge in [0.05, 0.1) is 16.3 Å². The van der Waals surface area contributed by atoms with Crippen molar-refractivity contribution in [3.63, 3.8) is 0 Å². The maximum atomic E-state index is 13.0. The molecule has 2 amide bonds. The third-order valence-electron chi connectivity index (χ3n) is 5.05. The monoisotopic (exact) mass is 419 g/mol. The Bertz CT molecular complexity index is 887. The summed E-state index contributed by atoms with van der Waals surface area (Å²) in [4.78, 5) is 14.6. The van der Waals surface area contributed by atoms with Crippen molar-refractivity contribution in [2.24, 2.45) is 5.92 Å². The number of H-pyrrole nitrogens is 1. The molecule has 0 bridgehead atoms. The number of anilines is 1. The summed E-state index contributed by atoms with van der Waals surface area (Å²) in [6, 6.07) is 6.03. The average molecular weight is 420 g/mol. The predicted octanol–water partition coefficient (Wildman–Crippen LogP) is 2.63. The van der Waals surface area contributed by atoms with E-state index in [9.17, 15) is 13.2 Å². The molecule has 1 aromatic heterocycles. The number of aromatic amines is 1. The van der Waals surface area contributed by atoms with E-state index in [4.69, 9.17) is 0 Å². The van der Waals surface area contributed by atoms with E-state index in [-0.39, 0.29) is 11.3 Å². The normalized spacial score (nSPS) is 16.1. The minimum Gasteiger partial charge on any atom is -0.334 e. The number of hydrogen-bond acceptors (Lipinski definition) is 5. The van der Waals surface area contributed by atoms with Crippen molar-refractivity contribution in [2.45, 2.75) is 43.4 Å². The van der Waals surface area contributed by atoms with Gasteiger partial charge in [0.15, 0.2) is 9.84 Å². The molecule has 2 heterocycles. The SMILES string of the molecule is CC(C)CN1CCC(S(=O)(=O)c2ccc(NC(=O)NCc3cn[nH]c3)cc2)CC1. The zero-order chi connectivity index (χ0) is 20.9. The lowest BCUT2D eigenvalue weighted by Crippen LogP contribution is -2.40. The van der Waals surface area contributed by atoms with Crippen LogP contribution in [0.4, 0.5) is 10.5 Å². The van der Waals surface area contributed by atoms with Crippen LogP contribution in [0.3, 0.4) is 0 Å². The van der Waals surface area contributed by atoms with Crippen LogP contribution in [0.15, 0.2) is 41.6 Å². The number of rotatable bonds is 7. The maximum absolute atomic E-state index is 13.0. The third-order valence-corrected chi connectivity index (χ3v) is 7.32. The molecule has 0 saturated carbocycles. The van der Waals surface area contributed by atoms with Gasteiger partial charge in [-0.1, -0.05) is 13.8 Å². The molecular weight excluding hydrogens is 390 g/mol. The lowest BCUT2D eigenvalue weighted by Gasteiger charge is -2.32. The van der Waals surface area contributed by atoms with Gasteiger partial charge in [-0.3, -0.25) is 5.10 Å². The van der Waals surface area contributed by atoms with Crippen LogP contribution in [0.1, 0.15) is 32.3 Å². The Hall–Kier alpha value is -2.39.